The number of para-hydroxylation sites is 1. The van der Waals surface area contributed by atoms with Gasteiger partial charge in [-0.2, -0.15) is 0 Å². The number of hydrogen-bond acceptors (Lipinski definition) is 5. The number of benzene rings is 1. The molecule has 0 aliphatic heterocycles. The van der Waals surface area contributed by atoms with Crippen molar-refractivity contribution in [3.63, 3.8) is 0 Å². The Morgan fingerprint density at radius 1 is 1.33 bits per heavy atom. The monoisotopic (exact) mass is 327 g/mol. The molecule has 6 nitrogen and oxygen atoms in total. The van der Waals surface area contributed by atoms with E-state index in [0.29, 0.717) is 16.8 Å². The first-order valence-corrected chi connectivity index (χ1v) is 7.72. The van der Waals surface area contributed by atoms with Crippen molar-refractivity contribution < 1.29 is 15.0 Å². The van der Waals surface area contributed by atoms with Crippen molar-refractivity contribution >= 4 is 17.8 Å². The molecular formula is C18H21N3O3. The standard InChI is InChI=1S/C18H21N3O3/c1-3-13-6-4-5-7-16(13)21-17(23)10-19-9-15-14(11-22)8-20-12(2)18(15)24/h4-9,22,24H,3,10-11H2,1-2H3,(H,21,23). The fourth-order valence-corrected chi connectivity index (χ4v) is 2.28. The van der Waals surface area contributed by atoms with Crippen LogP contribution in [-0.2, 0) is 17.8 Å². The number of aliphatic hydroxyl groups excluding tert-OH is 1. The summed E-state index contributed by atoms with van der Waals surface area (Å²) in [6.07, 6.45) is 3.69. The van der Waals surface area contributed by atoms with Crippen molar-refractivity contribution in [2.24, 2.45) is 4.99 Å². The average molecular weight is 327 g/mol. The summed E-state index contributed by atoms with van der Waals surface area (Å²) < 4.78 is 0. The van der Waals surface area contributed by atoms with Crippen LogP contribution >= 0.6 is 0 Å². The van der Waals surface area contributed by atoms with Crippen molar-refractivity contribution in [1.82, 2.24) is 4.98 Å². The highest BCUT2D eigenvalue weighted by atomic mass is 16.3. The van der Waals surface area contributed by atoms with Crippen LogP contribution < -0.4 is 5.32 Å². The van der Waals surface area contributed by atoms with Gasteiger partial charge < -0.3 is 15.5 Å². The molecule has 0 unspecified atom stereocenters. The van der Waals surface area contributed by atoms with Gasteiger partial charge in [0.05, 0.1) is 12.3 Å². The molecule has 0 aliphatic carbocycles. The smallest absolute Gasteiger partial charge is 0.246 e. The van der Waals surface area contributed by atoms with Crippen LogP contribution in [0.15, 0.2) is 35.5 Å². The summed E-state index contributed by atoms with van der Waals surface area (Å²) in [6, 6.07) is 7.60. The van der Waals surface area contributed by atoms with Crippen LogP contribution in [0.2, 0.25) is 0 Å². The van der Waals surface area contributed by atoms with E-state index >= 15 is 0 Å². The number of hydrogen-bond donors (Lipinski definition) is 3. The molecule has 2 aromatic rings. The number of aryl methyl sites for hydroxylation is 2. The van der Waals surface area contributed by atoms with Gasteiger partial charge in [-0.05, 0) is 25.0 Å². The summed E-state index contributed by atoms with van der Waals surface area (Å²) in [5.74, 6) is -0.287. The number of aliphatic hydroxyl groups is 1. The van der Waals surface area contributed by atoms with Crippen molar-refractivity contribution in [1.29, 1.82) is 0 Å². The summed E-state index contributed by atoms with van der Waals surface area (Å²) in [7, 11) is 0. The van der Waals surface area contributed by atoms with Crippen LogP contribution in [-0.4, -0.2) is 33.9 Å². The molecule has 126 valence electrons. The van der Waals surface area contributed by atoms with Gasteiger partial charge in [0.15, 0.2) is 0 Å². The number of aromatic nitrogens is 1. The maximum atomic E-state index is 12.0. The Bertz CT molecular complexity index is 757. The Morgan fingerprint density at radius 3 is 2.79 bits per heavy atom. The van der Waals surface area contributed by atoms with Crippen molar-refractivity contribution in [3.05, 3.63) is 52.8 Å². The van der Waals surface area contributed by atoms with E-state index in [4.69, 9.17) is 0 Å². The second-order valence-corrected chi connectivity index (χ2v) is 5.32. The summed E-state index contributed by atoms with van der Waals surface area (Å²) in [6.45, 7) is 3.33. The van der Waals surface area contributed by atoms with E-state index in [1.54, 1.807) is 6.92 Å². The number of nitrogens with one attached hydrogen (secondary N) is 1. The van der Waals surface area contributed by atoms with Crippen LogP contribution in [0.4, 0.5) is 5.69 Å². The van der Waals surface area contributed by atoms with Crippen LogP contribution in [0.25, 0.3) is 0 Å². The normalized spacial score (nSPS) is 11.0. The first kappa shape index (κ1) is 17.6. The molecule has 0 atom stereocenters. The number of rotatable bonds is 6. The number of aliphatic imine (C=N–C) groups is 1. The lowest BCUT2D eigenvalue weighted by atomic mass is 10.1. The molecule has 0 bridgehead atoms. The highest BCUT2D eigenvalue weighted by Gasteiger charge is 2.10. The zero-order valence-corrected chi connectivity index (χ0v) is 13.8. The second kappa shape index (κ2) is 8.21. The Labute approximate surface area is 140 Å². The molecule has 0 saturated carbocycles. The van der Waals surface area contributed by atoms with Crippen LogP contribution in [0.5, 0.6) is 5.75 Å². The van der Waals surface area contributed by atoms with E-state index < -0.39 is 0 Å². The van der Waals surface area contributed by atoms with Gasteiger partial charge in [0.1, 0.15) is 12.3 Å². The topological polar surface area (TPSA) is 94.8 Å². The summed E-state index contributed by atoms with van der Waals surface area (Å²) in [4.78, 5) is 20.1. The van der Waals surface area contributed by atoms with Gasteiger partial charge in [0.2, 0.25) is 5.91 Å². The zero-order valence-electron chi connectivity index (χ0n) is 13.8. The molecule has 3 N–H and O–H groups in total. The predicted molar refractivity (Wildman–Crippen MR) is 93.5 cm³/mol. The Kier molecular flexibility index (Phi) is 6.03. The molecular weight excluding hydrogens is 306 g/mol. The maximum Gasteiger partial charge on any atom is 0.246 e. The molecule has 6 heteroatoms. The van der Waals surface area contributed by atoms with Gasteiger partial charge in [-0.25, -0.2) is 0 Å². The first-order chi connectivity index (χ1) is 11.6. The highest BCUT2D eigenvalue weighted by molar-refractivity contribution is 5.95. The molecule has 1 aromatic carbocycles. The average Bonchev–Trinajstić information content (AvgIpc) is 2.59. The maximum absolute atomic E-state index is 12.0. The quantitative estimate of drug-likeness (QED) is 0.709. The SMILES string of the molecule is CCc1ccccc1NC(=O)CN=Cc1c(CO)cnc(C)c1O. The molecule has 0 saturated heterocycles. The van der Waals surface area contributed by atoms with Gasteiger partial charge in [-0.3, -0.25) is 14.8 Å². The Morgan fingerprint density at radius 2 is 2.08 bits per heavy atom. The van der Waals surface area contributed by atoms with E-state index in [0.717, 1.165) is 17.7 Å². The molecule has 0 spiro atoms. The molecule has 1 amide bonds. The first-order valence-electron chi connectivity index (χ1n) is 7.72. The van der Waals surface area contributed by atoms with Gasteiger partial charge in [0.25, 0.3) is 0 Å². The third kappa shape index (κ3) is 4.17. The molecule has 0 fully saturated rings. The van der Waals surface area contributed by atoms with E-state index in [1.807, 2.05) is 31.2 Å². The van der Waals surface area contributed by atoms with Gasteiger partial charge in [-0.1, -0.05) is 25.1 Å². The van der Waals surface area contributed by atoms with Crippen molar-refractivity contribution in [2.75, 3.05) is 11.9 Å². The number of pyridine rings is 1. The van der Waals surface area contributed by atoms with E-state index in [1.165, 1.54) is 12.4 Å². The number of aromatic hydroxyl groups is 1. The number of anilines is 1. The molecule has 24 heavy (non-hydrogen) atoms. The molecule has 0 aliphatic rings. The third-order valence-electron chi connectivity index (χ3n) is 3.66. The van der Waals surface area contributed by atoms with E-state index in [-0.39, 0.29) is 24.8 Å². The largest absolute Gasteiger partial charge is 0.505 e. The number of nitrogens with zero attached hydrogens (tertiary/aromatic N) is 2. The summed E-state index contributed by atoms with van der Waals surface area (Å²) in [5, 5.41) is 22.1. The highest BCUT2D eigenvalue weighted by Crippen LogP contribution is 2.22. The number of carbonyl (C=O) groups is 1. The molecule has 1 aromatic heterocycles. The van der Waals surface area contributed by atoms with Gasteiger partial charge >= 0.3 is 0 Å². The van der Waals surface area contributed by atoms with Gasteiger partial charge in [-0.15, -0.1) is 0 Å². The van der Waals surface area contributed by atoms with Crippen molar-refractivity contribution in [3.8, 4) is 5.75 Å². The molecule has 0 radical (unpaired) electrons. The van der Waals surface area contributed by atoms with Crippen LogP contribution in [0.1, 0.15) is 29.3 Å². The summed E-state index contributed by atoms with van der Waals surface area (Å²) >= 11 is 0. The zero-order chi connectivity index (χ0) is 17.5. The predicted octanol–water partition coefficient (Wildman–Crippen LogP) is 2.21. The number of amides is 1. The summed E-state index contributed by atoms with van der Waals surface area (Å²) in [5.41, 5.74) is 3.11. The fraction of sp³-hybridized carbons (Fsp3) is 0.278. The minimum atomic E-state index is -0.266. The second-order valence-electron chi connectivity index (χ2n) is 5.32. The molecule has 1 heterocycles. The van der Waals surface area contributed by atoms with E-state index in [2.05, 4.69) is 15.3 Å². The fourth-order valence-electron chi connectivity index (χ4n) is 2.28. The third-order valence-corrected chi connectivity index (χ3v) is 3.66. The lowest BCUT2D eigenvalue weighted by Crippen LogP contribution is -2.16. The van der Waals surface area contributed by atoms with Gasteiger partial charge in [0, 0.05) is 29.2 Å². The van der Waals surface area contributed by atoms with Crippen LogP contribution in [0, 0.1) is 6.92 Å². The minimum absolute atomic E-state index is 0.0398. The van der Waals surface area contributed by atoms with Crippen molar-refractivity contribution in [2.45, 2.75) is 26.9 Å². The Balaban J connectivity index is 2.07. The lowest BCUT2D eigenvalue weighted by Gasteiger charge is -2.09. The minimum Gasteiger partial charge on any atom is -0.505 e. The lowest BCUT2D eigenvalue weighted by molar-refractivity contribution is -0.114. The number of carbonyl (C=O) groups excluding carboxylic acids is 1. The molecule has 2 rings (SSSR count). The Hall–Kier alpha value is -2.73. The van der Waals surface area contributed by atoms with Crippen LogP contribution in [0.3, 0.4) is 0 Å². The van der Waals surface area contributed by atoms with E-state index in [9.17, 15) is 15.0 Å².